The summed E-state index contributed by atoms with van der Waals surface area (Å²) in [6.07, 6.45) is -0.198. The molecule has 0 saturated carbocycles. The molecule has 2 rings (SSSR count). The van der Waals surface area contributed by atoms with Gasteiger partial charge in [0.15, 0.2) is 5.13 Å². The molecule has 2 amide bonds. The quantitative estimate of drug-likeness (QED) is 0.775. The van der Waals surface area contributed by atoms with Crippen molar-refractivity contribution < 1.29 is 19.5 Å². The van der Waals surface area contributed by atoms with Crippen LogP contribution in [0.2, 0.25) is 0 Å². The highest BCUT2D eigenvalue weighted by molar-refractivity contribution is 7.13. The molecular weight excluding hydrogens is 354 g/mol. The second kappa shape index (κ2) is 8.57. The molecule has 0 spiro atoms. The summed E-state index contributed by atoms with van der Waals surface area (Å²) in [5.74, 6) is -1.58. The highest BCUT2D eigenvalue weighted by atomic mass is 32.1. The summed E-state index contributed by atoms with van der Waals surface area (Å²) in [4.78, 5) is 41.2. The van der Waals surface area contributed by atoms with Gasteiger partial charge < -0.3 is 15.3 Å². The van der Waals surface area contributed by atoms with Gasteiger partial charge in [-0.25, -0.2) is 4.98 Å². The summed E-state index contributed by atoms with van der Waals surface area (Å²) >= 11 is 1.15. The first-order chi connectivity index (χ1) is 12.3. The SMILES string of the molecule is Cc1ccc(C(=O)N(CC(=O)Nc2nc(CC(=O)O)cs2)C(C)C)cc1. The Balaban J connectivity index is 2.03. The molecule has 1 aromatic carbocycles. The van der Waals surface area contributed by atoms with Crippen molar-refractivity contribution in [1.82, 2.24) is 9.88 Å². The lowest BCUT2D eigenvalue weighted by Gasteiger charge is -2.26. The van der Waals surface area contributed by atoms with Gasteiger partial charge in [0.05, 0.1) is 12.1 Å². The molecule has 0 aliphatic rings. The number of thiazole rings is 1. The van der Waals surface area contributed by atoms with Crippen LogP contribution in [0.15, 0.2) is 29.6 Å². The van der Waals surface area contributed by atoms with E-state index < -0.39 is 5.97 Å². The van der Waals surface area contributed by atoms with Crippen molar-refractivity contribution in [2.24, 2.45) is 0 Å². The third-order valence-corrected chi connectivity index (χ3v) is 4.43. The molecule has 7 nitrogen and oxygen atoms in total. The van der Waals surface area contributed by atoms with Crippen molar-refractivity contribution in [3.05, 3.63) is 46.5 Å². The number of carboxylic acids is 1. The predicted molar refractivity (Wildman–Crippen MR) is 99.4 cm³/mol. The van der Waals surface area contributed by atoms with Crippen LogP contribution >= 0.6 is 11.3 Å². The van der Waals surface area contributed by atoms with Gasteiger partial charge in [0.2, 0.25) is 5.91 Å². The zero-order valence-corrected chi connectivity index (χ0v) is 15.7. The maximum atomic E-state index is 12.7. The van der Waals surface area contributed by atoms with E-state index in [2.05, 4.69) is 10.3 Å². The Labute approximate surface area is 155 Å². The van der Waals surface area contributed by atoms with Gasteiger partial charge in [0.25, 0.3) is 5.91 Å². The predicted octanol–water partition coefficient (Wildman–Crippen LogP) is 2.57. The Kier molecular flexibility index (Phi) is 6.46. The van der Waals surface area contributed by atoms with E-state index in [1.165, 1.54) is 4.90 Å². The second-order valence-electron chi connectivity index (χ2n) is 6.16. The van der Waals surface area contributed by atoms with Crippen LogP contribution in [0.1, 0.15) is 35.5 Å². The molecule has 0 bridgehead atoms. The molecule has 0 aliphatic heterocycles. The third-order valence-electron chi connectivity index (χ3n) is 3.63. The fourth-order valence-corrected chi connectivity index (χ4v) is 2.99. The molecule has 0 unspecified atom stereocenters. The fourth-order valence-electron chi connectivity index (χ4n) is 2.26. The molecule has 26 heavy (non-hydrogen) atoms. The number of aliphatic carboxylic acids is 1. The number of hydrogen-bond donors (Lipinski definition) is 2. The van der Waals surface area contributed by atoms with Crippen LogP contribution < -0.4 is 5.32 Å². The number of carbonyl (C=O) groups is 3. The molecule has 0 aliphatic carbocycles. The van der Waals surface area contributed by atoms with E-state index in [4.69, 9.17) is 5.11 Å². The molecular formula is C18H21N3O4S. The Bertz CT molecular complexity index is 799. The molecule has 2 aromatic rings. The molecule has 8 heteroatoms. The Morgan fingerprint density at radius 1 is 1.23 bits per heavy atom. The standard InChI is InChI=1S/C18H21N3O4S/c1-11(2)21(17(25)13-6-4-12(3)5-7-13)9-15(22)20-18-19-14(10-26-18)8-16(23)24/h4-7,10-11H,8-9H2,1-3H3,(H,23,24)(H,19,20,22). The average Bonchev–Trinajstić information content (AvgIpc) is 2.98. The lowest BCUT2D eigenvalue weighted by molar-refractivity contribution is -0.136. The van der Waals surface area contributed by atoms with Crippen LogP contribution in [0.5, 0.6) is 0 Å². The van der Waals surface area contributed by atoms with Crippen LogP contribution in [0.25, 0.3) is 0 Å². The molecule has 1 heterocycles. The van der Waals surface area contributed by atoms with Crippen molar-refractivity contribution in [1.29, 1.82) is 0 Å². The Morgan fingerprint density at radius 3 is 2.46 bits per heavy atom. The van der Waals surface area contributed by atoms with Crippen molar-refractivity contribution >= 4 is 34.3 Å². The number of rotatable bonds is 7. The minimum Gasteiger partial charge on any atom is -0.481 e. The number of nitrogens with zero attached hydrogens (tertiary/aromatic N) is 2. The van der Waals surface area contributed by atoms with Gasteiger partial charge in [0, 0.05) is 17.0 Å². The van der Waals surface area contributed by atoms with Crippen LogP contribution in [0.3, 0.4) is 0 Å². The molecule has 0 radical (unpaired) electrons. The first kappa shape index (κ1) is 19.6. The van der Waals surface area contributed by atoms with Crippen molar-refractivity contribution in [2.75, 3.05) is 11.9 Å². The molecule has 0 fully saturated rings. The topological polar surface area (TPSA) is 99.6 Å². The number of carboxylic acid groups (broad SMARTS) is 1. The van der Waals surface area contributed by atoms with E-state index in [0.29, 0.717) is 16.4 Å². The summed E-state index contributed by atoms with van der Waals surface area (Å²) in [6.45, 7) is 5.51. The zero-order chi connectivity index (χ0) is 19.3. The van der Waals surface area contributed by atoms with E-state index in [-0.39, 0.29) is 30.8 Å². The van der Waals surface area contributed by atoms with Crippen LogP contribution in [0, 0.1) is 6.92 Å². The van der Waals surface area contributed by atoms with Gasteiger partial charge in [-0.3, -0.25) is 14.4 Å². The molecule has 2 N–H and O–H groups in total. The number of anilines is 1. The largest absolute Gasteiger partial charge is 0.481 e. The van der Waals surface area contributed by atoms with Crippen LogP contribution in [-0.2, 0) is 16.0 Å². The van der Waals surface area contributed by atoms with Gasteiger partial charge in [-0.15, -0.1) is 11.3 Å². The number of nitrogens with one attached hydrogen (secondary N) is 1. The number of carbonyl (C=O) groups excluding carboxylic acids is 2. The second-order valence-corrected chi connectivity index (χ2v) is 7.01. The maximum Gasteiger partial charge on any atom is 0.309 e. The summed E-state index contributed by atoms with van der Waals surface area (Å²) in [6, 6.07) is 7.03. The number of benzene rings is 1. The van der Waals surface area contributed by atoms with Gasteiger partial charge in [-0.1, -0.05) is 17.7 Å². The highest BCUT2D eigenvalue weighted by Crippen LogP contribution is 2.16. The minimum atomic E-state index is -0.983. The van der Waals surface area contributed by atoms with Gasteiger partial charge in [0.1, 0.15) is 6.54 Å². The lowest BCUT2D eigenvalue weighted by atomic mass is 10.1. The monoisotopic (exact) mass is 375 g/mol. The Hall–Kier alpha value is -2.74. The van der Waals surface area contributed by atoms with Gasteiger partial charge >= 0.3 is 5.97 Å². The summed E-state index contributed by atoms with van der Waals surface area (Å²) in [5, 5.41) is 13.3. The van der Waals surface area contributed by atoms with Gasteiger partial charge in [-0.2, -0.15) is 0 Å². The number of amides is 2. The summed E-state index contributed by atoms with van der Waals surface area (Å²) in [5.41, 5.74) is 1.96. The number of aryl methyl sites for hydroxylation is 1. The zero-order valence-electron chi connectivity index (χ0n) is 14.9. The van der Waals surface area contributed by atoms with Gasteiger partial charge in [-0.05, 0) is 32.9 Å². The van der Waals surface area contributed by atoms with E-state index in [9.17, 15) is 14.4 Å². The first-order valence-electron chi connectivity index (χ1n) is 8.10. The van der Waals surface area contributed by atoms with E-state index >= 15 is 0 Å². The average molecular weight is 375 g/mol. The van der Waals surface area contributed by atoms with E-state index in [1.807, 2.05) is 32.9 Å². The van der Waals surface area contributed by atoms with Crippen molar-refractivity contribution in [3.8, 4) is 0 Å². The molecule has 1 aromatic heterocycles. The smallest absolute Gasteiger partial charge is 0.309 e. The van der Waals surface area contributed by atoms with Crippen molar-refractivity contribution in [2.45, 2.75) is 33.2 Å². The fraction of sp³-hybridized carbons (Fsp3) is 0.333. The maximum absolute atomic E-state index is 12.7. The lowest BCUT2D eigenvalue weighted by Crippen LogP contribution is -2.42. The molecule has 0 saturated heterocycles. The van der Waals surface area contributed by atoms with E-state index in [1.54, 1.807) is 17.5 Å². The number of aromatic nitrogens is 1. The molecule has 0 atom stereocenters. The third kappa shape index (κ3) is 5.38. The van der Waals surface area contributed by atoms with Crippen molar-refractivity contribution in [3.63, 3.8) is 0 Å². The summed E-state index contributed by atoms with van der Waals surface area (Å²) in [7, 11) is 0. The Morgan fingerprint density at radius 2 is 1.88 bits per heavy atom. The minimum absolute atomic E-state index is 0.113. The first-order valence-corrected chi connectivity index (χ1v) is 8.98. The number of hydrogen-bond acceptors (Lipinski definition) is 5. The highest BCUT2D eigenvalue weighted by Gasteiger charge is 2.22. The summed E-state index contributed by atoms with van der Waals surface area (Å²) < 4.78 is 0. The van der Waals surface area contributed by atoms with Crippen LogP contribution in [0.4, 0.5) is 5.13 Å². The van der Waals surface area contributed by atoms with E-state index in [0.717, 1.165) is 16.9 Å². The molecule has 138 valence electrons. The van der Waals surface area contributed by atoms with Crippen LogP contribution in [-0.4, -0.2) is 45.4 Å². The normalized spacial score (nSPS) is 10.6.